The van der Waals surface area contributed by atoms with Crippen molar-refractivity contribution < 1.29 is 14.6 Å². The minimum absolute atomic E-state index is 0.215. The second kappa shape index (κ2) is 8.20. The Hall–Kier alpha value is -3.00. The molecule has 128 valence electrons. The van der Waals surface area contributed by atoms with Gasteiger partial charge in [-0.2, -0.15) is 0 Å². The zero-order valence-corrected chi connectivity index (χ0v) is 14.1. The van der Waals surface area contributed by atoms with Crippen LogP contribution in [0.4, 0.5) is 11.4 Å². The summed E-state index contributed by atoms with van der Waals surface area (Å²) in [5, 5.41) is 21.7. The molecular weight excluding hydrogens is 344 g/mol. The first-order valence-electron chi connectivity index (χ1n) is 7.30. The maximum Gasteiger partial charge on any atom is 0.276 e. The molecule has 8 heteroatoms. The highest BCUT2D eigenvalue weighted by Gasteiger charge is 2.15. The Balaban J connectivity index is 2.24. The average molecular weight is 358 g/mol. The van der Waals surface area contributed by atoms with Gasteiger partial charge in [0.1, 0.15) is 0 Å². The van der Waals surface area contributed by atoms with Crippen LogP contribution in [0.1, 0.15) is 22.8 Å². The van der Waals surface area contributed by atoms with Crippen molar-refractivity contribution in [1.82, 2.24) is 0 Å². The molecule has 0 radical (unpaired) electrons. The van der Waals surface area contributed by atoms with Crippen LogP contribution in [0.3, 0.4) is 0 Å². The Morgan fingerprint density at radius 2 is 1.60 bits per heavy atom. The number of allylic oxidation sites excluding steroid dienone is 1. The molecule has 0 N–H and O–H groups in total. The molecule has 0 unspecified atom stereocenters. The van der Waals surface area contributed by atoms with Crippen molar-refractivity contribution in [3.8, 4) is 0 Å². The van der Waals surface area contributed by atoms with Crippen LogP contribution in [-0.4, -0.2) is 21.4 Å². The van der Waals surface area contributed by atoms with E-state index in [1.807, 2.05) is 19.1 Å². The lowest BCUT2D eigenvalue weighted by Crippen LogP contribution is -1.95. The lowest BCUT2D eigenvalue weighted by molar-refractivity contribution is -0.394. The Bertz CT molecular complexity index is 814. The molecule has 2 rings (SSSR count). The van der Waals surface area contributed by atoms with Crippen molar-refractivity contribution >= 4 is 35.0 Å². The van der Waals surface area contributed by atoms with Crippen molar-refractivity contribution in [2.75, 3.05) is 5.75 Å². The molecule has 0 saturated carbocycles. The number of carbonyl (C=O) groups is 1. The summed E-state index contributed by atoms with van der Waals surface area (Å²) in [6.07, 6.45) is 2.57. The predicted octanol–water partition coefficient (Wildman–Crippen LogP) is 4.51. The van der Waals surface area contributed by atoms with Crippen LogP contribution in [0, 0.1) is 20.2 Å². The van der Waals surface area contributed by atoms with Gasteiger partial charge in [0, 0.05) is 22.6 Å². The quantitative estimate of drug-likeness (QED) is 0.237. The largest absolute Gasteiger partial charge is 0.289 e. The predicted molar refractivity (Wildman–Crippen MR) is 96.0 cm³/mol. The molecule has 0 spiro atoms. The van der Waals surface area contributed by atoms with Gasteiger partial charge in [-0.15, -0.1) is 11.8 Å². The third-order valence-corrected chi connectivity index (χ3v) is 4.12. The first-order chi connectivity index (χ1) is 11.9. The van der Waals surface area contributed by atoms with Gasteiger partial charge in [-0.1, -0.05) is 13.0 Å². The molecule has 0 bridgehead atoms. The summed E-state index contributed by atoms with van der Waals surface area (Å²) in [5.41, 5.74) is -0.117. The molecule has 0 aliphatic heterocycles. The molecular formula is C17H14N2O5S. The second-order valence-corrected chi connectivity index (χ2v) is 6.29. The van der Waals surface area contributed by atoms with Gasteiger partial charge in [-0.05, 0) is 41.7 Å². The third kappa shape index (κ3) is 4.98. The van der Waals surface area contributed by atoms with Gasteiger partial charge < -0.3 is 0 Å². The van der Waals surface area contributed by atoms with Crippen LogP contribution in [0.5, 0.6) is 0 Å². The van der Waals surface area contributed by atoms with Crippen molar-refractivity contribution in [2.45, 2.75) is 11.8 Å². The van der Waals surface area contributed by atoms with Crippen LogP contribution < -0.4 is 0 Å². The van der Waals surface area contributed by atoms with Gasteiger partial charge in [-0.25, -0.2) is 0 Å². The summed E-state index contributed by atoms with van der Waals surface area (Å²) >= 11 is 1.66. The van der Waals surface area contributed by atoms with E-state index in [2.05, 4.69) is 0 Å². The number of hydrogen-bond donors (Lipinski definition) is 0. The number of thioether (sulfide) groups is 1. The number of non-ortho nitro benzene ring substituents is 2. The summed E-state index contributed by atoms with van der Waals surface area (Å²) in [6.45, 7) is 2.03. The van der Waals surface area contributed by atoms with Gasteiger partial charge in [0.25, 0.3) is 11.4 Å². The van der Waals surface area contributed by atoms with E-state index in [0.29, 0.717) is 5.56 Å². The van der Waals surface area contributed by atoms with Crippen molar-refractivity contribution in [2.24, 2.45) is 0 Å². The molecule has 0 heterocycles. The molecule has 0 amide bonds. The number of nitrogens with zero attached hydrogens (tertiary/aromatic N) is 2. The highest BCUT2D eigenvalue weighted by atomic mass is 32.2. The van der Waals surface area contributed by atoms with E-state index in [-0.39, 0.29) is 11.3 Å². The minimum atomic E-state index is -0.712. The van der Waals surface area contributed by atoms with Gasteiger partial charge in [0.2, 0.25) is 0 Å². The van der Waals surface area contributed by atoms with Gasteiger partial charge in [0.05, 0.1) is 15.9 Å². The Morgan fingerprint density at radius 3 is 2.08 bits per heavy atom. The smallest absolute Gasteiger partial charge is 0.276 e. The number of nitro benzene ring substituents is 2. The normalized spacial score (nSPS) is 10.8. The number of nitro groups is 2. The summed E-state index contributed by atoms with van der Waals surface area (Å²) in [6, 6.07) is 10.3. The standard InChI is InChI=1S/C17H14N2O5S/c1-2-25-16-6-4-13(5-7-16)17(20)8-3-12-9-14(18(21)22)11-15(10-12)19(23)24/h3-11H,2H2,1H3/b8-3+. The van der Waals surface area contributed by atoms with E-state index < -0.39 is 21.2 Å². The van der Waals surface area contributed by atoms with Crippen molar-refractivity contribution in [1.29, 1.82) is 0 Å². The van der Waals surface area contributed by atoms with Crippen LogP contribution in [-0.2, 0) is 0 Å². The SMILES string of the molecule is CCSc1ccc(C(=O)/C=C/c2cc([N+](=O)[O-])cc([N+](=O)[O-])c2)cc1. The number of hydrogen-bond acceptors (Lipinski definition) is 6. The molecule has 0 aromatic heterocycles. The first-order valence-corrected chi connectivity index (χ1v) is 8.28. The average Bonchev–Trinajstić information content (AvgIpc) is 2.60. The van der Waals surface area contributed by atoms with Crippen molar-refractivity contribution in [3.63, 3.8) is 0 Å². The summed E-state index contributed by atoms with van der Waals surface area (Å²) in [5.74, 6) is 0.640. The Morgan fingerprint density at radius 1 is 1.04 bits per heavy atom. The molecule has 0 aliphatic carbocycles. The fourth-order valence-corrected chi connectivity index (χ4v) is 2.74. The topological polar surface area (TPSA) is 103 Å². The number of benzene rings is 2. The molecule has 0 aliphatic rings. The zero-order valence-electron chi connectivity index (χ0n) is 13.2. The lowest BCUT2D eigenvalue weighted by atomic mass is 10.1. The van der Waals surface area contributed by atoms with Crippen molar-refractivity contribution in [3.05, 3.63) is 79.9 Å². The van der Waals surface area contributed by atoms with E-state index in [1.54, 1.807) is 23.9 Å². The maximum atomic E-state index is 12.2. The highest BCUT2D eigenvalue weighted by molar-refractivity contribution is 7.99. The Labute approximate surface area is 147 Å². The molecule has 2 aromatic carbocycles. The Kier molecular flexibility index (Phi) is 6.02. The first kappa shape index (κ1) is 18.3. The van der Waals surface area contributed by atoms with Crippen LogP contribution in [0.2, 0.25) is 0 Å². The zero-order chi connectivity index (χ0) is 18.4. The monoisotopic (exact) mass is 358 g/mol. The number of carbonyl (C=O) groups excluding carboxylic acids is 1. The van der Waals surface area contributed by atoms with E-state index in [0.717, 1.165) is 16.7 Å². The lowest BCUT2D eigenvalue weighted by Gasteiger charge is -2.00. The molecule has 25 heavy (non-hydrogen) atoms. The highest BCUT2D eigenvalue weighted by Crippen LogP contribution is 2.24. The maximum absolute atomic E-state index is 12.2. The summed E-state index contributed by atoms with van der Waals surface area (Å²) in [7, 11) is 0. The van der Waals surface area contributed by atoms with Gasteiger partial charge in [-0.3, -0.25) is 25.0 Å². The van der Waals surface area contributed by atoms with Crippen LogP contribution in [0.15, 0.2) is 53.4 Å². The number of rotatable bonds is 7. The second-order valence-electron chi connectivity index (χ2n) is 4.95. The van der Waals surface area contributed by atoms with E-state index in [4.69, 9.17) is 0 Å². The van der Waals surface area contributed by atoms with Gasteiger partial charge >= 0.3 is 0 Å². The molecule has 2 aromatic rings. The fraction of sp³-hybridized carbons (Fsp3) is 0.118. The molecule has 0 saturated heterocycles. The molecule has 7 nitrogen and oxygen atoms in total. The molecule has 0 fully saturated rings. The fourth-order valence-electron chi connectivity index (χ4n) is 2.08. The number of ketones is 1. The van der Waals surface area contributed by atoms with E-state index in [9.17, 15) is 25.0 Å². The third-order valence-electron chi connectivity index (χ3n) is 3.22. The van der Waals surface area contributed by atoms with Crippen LogP contribution >= 0.6 is 11.8 Å². The van der Waals surface area contributed by atoms with Crippen LogP contribution in [0.25, 0.3) is 6.08 Å². The summed E-state index contributed by atoms with van der Waals surface area (Å²) in [4.78, 5) is 33.5. The summed E-state index contributed by atoms with van der Waals surface area (Å²) < 4.78 is 0. The minimum Gasteiger partial charge on any atom is -0.289 e. The van der Waals surface area contributed by atoms with E-state index in [1.165, 1.54) is 24.3 Å². The van der Waals surface area contributed by atoms with Gasteiger partial charge in [0.15, 0.2) is 5.78 Å². The van der Waals surface area contributed by atoms with E-state index >= 15 is 0 Å². The molecule has 0 atom stereocenters.